The van der Waals surface area contributed by atoms with E-state index in [2.05, 4.69) is 42.6 Å². The van der Waals surface area contributed by atoms with Crippen LogP contribution < -0.4 is 10.1 Å². The first kappa shape index (κ1) is 19.7. The summed E-state index contributed by atoms with van der Waals surface area (Å²) >= 11 is 0. The van der Waals surface area contributed by atoms with E-state index in [-0.39, 0.29) is 11.9 Å². The molecule has 0 radical (unpaired) electrons. The van der Waals surface area contributed by atoms with E-state index in [1.807, 2.05) is 66.7 Å². The van der Waals surface area contributed by atoms with Crippen molar-refractivity contribution in [2.75, 3.05) is 0 Å². The Balaban J connectivity index is 1.53. The summed E-state index contributed by atoms with van der Waals surface area (Å²) in [6.45, 7) is 3.83. The van der Waals surface area contributed by atoms with Crippen molar-refractivity contribution >= 4 is 16.7 Å². The topological polar surface area (TPSA) is 38.3 Å². The third kappa shape index (κ3) is 4.52. The number of benzene rings is 4. The summed E-state index contributed by atoms with van der Waals surface area (Å²) in [5.74, 6) is 0.528. The van der Waals surface area contributed by atoms with Crippen molar-refractivity contribution < 1.29 is 9.53 Å². The van der Waals surface area contributed by atoms with Gasteiger partial charge in [-0.1, -0.05) is 90.5 Å². The minimum Gasteiger partial charge on any atom is -0.481 e. The van der Waals surface area contributed by atoms with E-state index in [0.717, 1.165) is 21.9 Å². The Morgan fingerprint density at radius 1 is 0.767 bits per heavy atom. The van der Waals surface area contributed by atoms with Gasteiger partial charge < -0.3 is 10.1 Å². The molecule has 0 heterocycles. The minimum absolute atomic E-state index is 0.155. The lowest BCUT2D eigenvalue weighted by molar-refractivity contribution is -0.127. The number of aryl methyl sites for hydroxylation is 1. The average Bonchev–Trinajstić information content (AvgIpc) is 2.78. The number of hydrogen-bond donors (Lipinski definition) is 1. The Morgan fingerprint density at radius 2 is 1.40 bits per heavy atom. The Kier molecular flexibility index (Phi) is 5.80. The number of rotatable bonds is 6. The average molecular weight is 396 g/mol. The highest BCUT2D eigenvalue weighted by Crippen LogP contribution is 2.24. The number of ether oxygens (including phenoxy) is 1. The SMILES string of the molecule is Cc1ccc([C@H](NC(=O)[C@@H](C)Oc2ccc3ccccc3c2)c2ccccc2)cc1. The standard InChI is InChI=1S/C27H25NO2/c1-19-12-14-23(15-13-19)26(22-9-4-3-5-10-22)28-27(29)20(2)30-25-17-16-21-8-6-7-11-24(21)18-25/h3-18,20,26H,1-2H3,(H,28,29)/t20-,26-/m1/s1. The smallest absolute Gasteiger partial charge is 0.261 e. The number of fused-ring (bicyclic) bond motifs is 1. The maximum Gasteiger partial charge on any atom is 0.261 e. The fourth-order valence-corrected chi connectivity index (χ4v) is 3.52. The second-order valence-electron chi connectivity index (χ2n) is 7.53. The molecule has 0 aliphatic carbocycles. The molecule has 0 saturated carbocycles. The van der Waals surface area contributed by atoms with Gasteiger partial charge >= 0.3 is 0 Å². The zero-order valence-electron chi connectivity index (χ0n) is 17.2. The molecular weight excluding hydrogens is 370 g/mol. The molecule has 4 rings (SSSR count). The maximum absolute atomic E-state index is 13.0. The zero-order chi connectivity index (χ0) is 20.9. The van der Waals surface area contributed by atoms with Crippen LogP contribution in [0.25, 0.3) is 10.8 Å². The fraction of sp³-hybridized carbons (Fsp3) is 0.148. The molecule has 0 fully saturated rings. The Hall–Kier alpha value is -3.59. The van der Waals surface area contributed by atoms with Gasteiger partial charge in [-0.3, -0.25) is 4.79 Å². The molecule has 0 aromatic heterocycles. The second-order valence-corrected chi connectivity index (χ2v) is 7.53. The predicted molar refractivity (Wildman–Crippen MR) is 122 cm³/mol. The fourth-order valence-electron chi connectivity index (χ4n) is 3.52. The molecule has 2 atom stereocenters. The summed E-state index contributed by atoms with van der Waals surface area (Å²) in [6.07, 6.45) is -0.622. The number of amides is 1. The van der Waals surface area contributed by atoms with Crippen molar-refractivity contribution in [2.45, 2.75) is 26.0 Å². The molecule has 3 nitrogen and oxygen atoms in total. The highest BCUT2D eigenvalue weighted by Gasteiger charge is 2.21. The van der Waals surface area contributed by atoms with E-state index < -0.39 is 6.10 Å². The second kappa shape index (κ2) is 8.83. The van der Waals surface area contributed by atoms with Crippen LogP contribution in [0, 0.1) is 6.92 Å². The van der Waals surface area contributed by atoms with E-state index >= 15 is 0 Å². The van der Waals surface area contributed by atoms with Crippen LogP contribution in [-0.4, -0.2) is 12.0 Å². The number of carbonyl (C=O) groups is 1. The predicted octanol–water partition coefficient (Wildman–Crippen LogP) is 5.82. The monoisotopic (exact) mass is 395 g/mol. The van der Waals surface area contributed by atoms with E-state index in [4.69, 9.17) is 4.74 Å². The minimum atomic E-state index is -0.622. The molecule has 1 N–H and O–H groups in total. The third-order valence-corrected chi connectivity index (χ3v) is 5.23. The first-order valence-electron chi connectivity index (χ1n) is 10.2. The van der Waals surface area contributed by atoms with Gasteiger partial charge in [0.2, 0.25) is 0 Å². The Labute approximate surface area is 177 Å². The zero-order valence-corrected chi connectivity index (χ0v) is 17.2. The molecule has 4 aromatic rings. The van der Waals surface area contributed by atoms with Gasteiger partial charge in [-0.2, -0.15) is 0 Å². The Bertz CT molecular complexity index is 1140. The summed E-state index contributed by atoms with van der Waals surface area (Å²) < 4.78 is 5.96. The third-order valence-electron chi connectivity index (χ3n) is 5.23. The van der Waals surface area contributed by atoms with Gasteiger partial charge in [0.05, 0.1) is 6.04 Å². The molecule has 1 amide bonds. The summed E-state index contributed by atoms with van der Waals surface area (Å²) in [7, 11) is 0. The van der Waals surface area contributed by atoms with E-state index in [9.17, 15) is 4.79 Å². The van der Waals surface area contributed by atoms with Gasteiger partial charge in [0.15, 0.2) is 6.10 Å². The van der Waals surface area contributed by atoms with Gasteiger partial charge in [0.1, 0.15) is 5.75 Å². The van der Waals surface area contributed by atoms with Gasteiger partial charge in [0, 0.05) is 0 Å². The number of hydrogen-bond acceptors (Lipinski definition) is 2. The molecule has 0 saturated heterocycles. The molecule has 0 bridgehead atoms. The molecular formula is C27H25NO2. The molecule has 150 valence electrons. The van der Waals surface area contributed by atoms with Crippen LogP contribution in [0.1, 0.15) is 29.7 Å². The van der Waals surface area contributed by atoms with Crippen molar-refractivity contribution in [2.24, 2.45) is 0 Å². The first-order valence-corrected chi connectivity index (χ1v) is 10.2. The van der Waals surface area contributed by atoms with Gasteiger partial charge in [-0.25, -0.2) is 0 Å². The first-order chi connectivity index (χ1) is 14.6. The van der Waals surface area contributed by atoms with Gasteiger partial charge in [-0.05, 0) is 47.9 Å². The highest BCUT2D eigenvalue weighted by molar-refractivity contribution is 5.84. The van der Waals surface area contributed by atoms with Crippen LogP contribution in [0.4, 0.5) is 0 Å². The number of nitrogens with one attached hydrogen (secondary N) is 1. The van der Waals surface area contributed by atoms with E-state index in [1.54, 1.807) is 6.92 Å². The molecule has 3 heteroatoms. The Morgan fingerprint density at radius 3 is 2.13 bits per heavy atom. The summed E-state index contributed by atoms with van der Waals surface area (Å²) in [4.78, 5) is 13.0. The van der Waals surface area contributed by atoms with Crippen LogP contribution in [0.15, 0.2) is 97.1 Å². The summed E-state index contributed by atoms with van der Waals surface area (Å²) in [5, 5.41) is 5.39. The lowest BCUT2D eigenvalue weighted by Gasteiger charge is -2.23. The van der Waals surface area contributed by atoms with Gasteiger partial charge in [0.25, 0.3) is 5.91 Å². The summed E-state index contributed by atoms with van der Waals surface area (Å²) in [6, 6.07) is 32.0. The largest absolute Gasteiger partial charge is 0.481 e. The molecule has 30 heavy (non-hydrogen) atoms. The van der Waals surface area contributed by atoms with Crippen molar-refractivity contribution in [3.05, 3.63) is 114 Å². The molecule has 0 aliphatic heterocycles. The van der Waals surface area contributed by atoms with Crippen LogP contribution in [0.2, 0.25) is 0 Å². The van der Waals surface area contributed by atoms with E-state index in [0.29, 0.717) is 5.75 Å². The molecule has 0 unspecified atom stereocenters. The lowest BCUT2D eigenvalue weighted by Crippen LogP contribution is -2.39. The van der Waals surface area contributed by atoms with Crippen molar-refractivity contribution in [1.29, 1.82) is 0 Å². The highest BCUT2D eigenvalue weighted by atomic mass is 16.5. The lowest BCUT2D eigenvalue weighted by atomic mass is 9.97. The van der Waals surface area contributed by atoms with Crippen LogP contribution in [0.5, 0.6) is 5.75 Å². The molecule has 0 aliphatic rings. The van der Waals surface area contributed by atoms with Gasteiger partial charge in [-0.15, -0.1) is 0 Å². The quantitative estimate of drug-likeness (QED) is 0.447. The van der Waals surface area contributed by atoms with Crippen LogP contribution in [-0.2, 0) is 4.79 Å². The summed E-state index contributed by atoms with van der Waals surface area (Å²) in [5.41, 5.74) is 3.26. The van der Waals surface area contributed by atoms with E-state index in [1.165, 1.54) is 5.56 Å². The maximum atomic E-state index is 13.0. The van der Waals surface area contributed by atoms with Crippen LogP contribution >= 0.6 is 0 Å². The van der Waals surface area contributed by atoms with Crippen molar-refractivity contribution in [1.82, 2.24) is 5.32 Å². The van der Waals surface area contributed by atoms with Crippen LogP contribution in [0.3, 0.4) is 0 Å². The van der Waals surface area contributed by atoms with Crippen molar-refractivity contribution in [3.8, 4) is 5.75 Å². The normalized spacial score (nSPS) is 12.9. The molecule has 0 spiro atoms. The molecule has 4 aromatic carbocycles. The van der Waals surface area contributed by atoms with Crippen molar-refractivity contribution in [3.63, 3.8) is 0 Å². The number of carbonyl (C=O) groups excluding carboxylic acids is 1.